The quantitative estimate of drug-likeness (QED) is 0.142. The molecule has 3 rings (SSSR count). The highest BCUT2D eigenvalue weighted by atomic mass is 28.4. The van der Waals surface area contributed by atoms with Crippen LogP contribution in [0.4, 0.5) is 0 Å². The zero-order valence-electron chi connectivity index (χ0n) is 27.6. The van der Waals surface area contributed by atoms with E-state index in [1.54, 1.807) is 6.08 Å². The molecule has 1 aliphatic heterocycles. The first-order valence-electron chi connectivity index (χ1n) is 17.0. The van der Waals surface area contributed by atoms with Gasteiger partial charge in [0.2, 0.25) is 0 Å². The number of benzene rings is 2. The fraction of sp³-hybridized carbons (Fsp3) is 0.553. The maximum Gasteiger partial charge on any atom is 0.330 e. The number of esters is 1. The molecule has 1 heterocycles. The Balaban J connectivity index is 2.01. The summed E-state index contributed by atoms with van der Waals surface area (Å²) < 4.78 is 26.4. The maximum absolute atomic E-state index is 13.0. The van der Waals surface area contributed by atoms with Crippen LogP contribution in [0, 0.1) is 0 Å². The molecule has 0 saturated heterocycles. The zero-order chi connectivity index (χ0) is 31.5. The van der Waals surface area contributed by atoms with Gasteiger partial charge in [0.25, 0.3) is 0 Å². The van der Waals surface area contributed by atoms with Gasteiger partial charge in [-0.1, -0.05) is 119 Å². The van der Waals surface area contributed by atoms with Crippen molar-refractivity contribution in [3.8, 4) is 0 Å². The Morgan fingerprint density at radius 3 is 1.91 bits per heavy atom. The molecule has 0 bridgehead atoms. The van der Waals surface area contributed by atoms with Gasteiger partial charge in [-0.05, 0) is 67.9 Å². The minimum absolute atomic E-state index is 0.115. The predicted molar refractivity (Wildman–Crippen MR) is 183 cm³/mol. The van der Waals surface area contributed by atoms with Gasteiger partial charge in [0.1, 0.15) is 12.2 Å². The summed E-state index contributed by atoms with van der Waals surface area (Å²) in [6, 6.07) is 23.4. The minimum atomic E-state index is -2.11. The summed E-state index contributed by atoms with van der Waals surface area (Å²) in [5.41, 5.74) is 2.19. The van der Waals surface area contributed by atoms with Gasteiger partial charge in [0.05, 0.1) is 25.4 Å². The van der Waals surface area contributed by atoms with E-state index in [2.05, 4.69) is 57.2 Å². The number of carbonyl (C=O) groups is 1. The monoisotopic (exact) mass is 620 g/mol. The van der Waals surface area contributed by atoms with Gasteiger partial charge < -0.3 is 18.6 Å². The fourth-order valence-electron chi connectivity index (χ4n) is 5.78. The van der Waals surface area contributed by atoms with Crippen LogP contribution in [0.15, 0.2) is 85.0 Å². The Hall–Kier alpha value is -2.51. The molecular weight excluding hydrogens is 564 g/mol. The van der Waals surface area contributed by atoms with E-state index in [9.17, 15) is 4.79 Å². The van der Waals surface area contributed by atoms with Gasteiger partial charge in [0.15, 0.2) is 8.32 Å². The van der Waals surface area contributed by atoms with E-state index in [0.29, 0.717) is 13.2 Å². The van der Waals surface area contributed by atoms with Crippen molar-refractivity contribution in [2.24, 2.45) is 0 Å². The number of carbonyl (C=O) groups excluding carboxylic acids is 1. The minimum Gasteiger partial charge on any atom is -0.460 e. The molecule has 0 spiro atoms. The van der Waals surface area contributed by atoms with Gasteiger partial charge >= 0.3 is 5.97 Å². The van der Waals surface area contributed by atoms with Crippen LogP contribution in [-0.4, -0.2) is 38.7 Å². The van der Waals surface area contributed by atoms with Gasteiger partial charge in [0, 0.05) is 6.08 Å². The van der Waals surface area contributed by atoms with E-state index < -0.39 is 20.5 Å². The molecule has 242 valence electrons. The smallest absolute Gasteiger partial charge is 0.330 e. The van der Waals surface area contributed by atoms with Crippen LogP contribution < -0.4 is 0 Å². The fourth-order valence-corrected chi connectivity index (χ4v) is 8.57. The van der Waals surface area contributed by atoms with Crippen molar-refractivity contribution in [1.29, 1.82) is 0 Å². The molecule has 0 aliphatic carbocycles. The van der Waals surface area contributed by atoms with Crippen molar-refractivity contribution < 1.29 is 23.4 Å². The first-order chi connectivity index (χ1) is 21.5. The highest BCUT2D eigenvalue weighted by Gasteiger charge is 2.37. The standard InChI is InChI=1S/C38H56O5Si/c1-5-44(6-2,7-3)43-36-28-29-37(39)42-32(4)22-16-12-10-8-9-11-13-21-27-35(40-30-33-23-17-14-18-24-33)38(36)41-31-34-25-19-15-20-26-34/h14-15,17-21,23-29,32,35-36,38H,5-13,16,22,30-31H2,1-4H3/b27-21+,29-28+/t32-,35+,36+,38-/m0/s1. The molecule has 44 heavy (non-hydrogen) atoms. The van der Waals surface area contributed by atoms with Crippen molar-refractivity contribution in [2.45, 2.75) is 135 Å². The average molecular weight is 621 g/mol. The molecule has 4 atom stereocenters. The number of hydrogen-bond donors (Lipinski definition) is 0. The second-order valence-corrected chi connectivity index (χ2v) is 16.8. The van der Waals surface area contributed by atoms with Crippen molar-refractivity contribution in [3.05, 3.63) is 96.1 Å². The van der Waals surface area contributed by atoms with Crippen molar-refractivity contribution >= 4 is 14.3 Å². The third-order valence-electron chi connectivity index (χ3n) is 8.83. The van der Waals surface area contributed by atoms with Gasteiger partial charge in [-0.25, -0.2) is 4.79 Å². The van der Waals surface area contributed by atoms with E-state index in [-0.39, 0.29) is 18.2 Å². The summed E-state index contributed by atoms with van der Waals surface area (Å²) in [7, 11) is -2.11. The third-order valence-corrected chi connectivity index (χ3v) is 13.5. The van der Waals surface area contributed by atoms with Crippen molar-refractivity contribution in [2.75, 3.05) is 0 Å². The van der Waals surface area contributed by atoms with Crippen LogP contribution in [0.2, 0.25) is 18.1 Å². The number of cyclic esters (lactones) is 1. The van der Waals surface area contributed by atoms with Crippen LogP contribution in [-0.2, 0) is 36.6 Å². The Labute approximate surface area is 268 Å². The van der Waals surface area contributed by atoms with Crippen molar-refractivity contribution in [3.63, 3.8) is 0 Å². The summed E-state index contributed by atoms with van der Waals surface area (Å²) >= 11 is 0. The molecule has 6 heteroatoms. The summed E-state index contributed by atoms with van der Waals surface area (Å²) in [5.74, 6) is -0.330. The molecule has 0 fully saturated rings. The SMILES string of the molecule is CC[Si](CC)(CC)O[C@@H]1/C=C/C(=O)O[C@@H](C)CCCCCCCC/C=C/[C@@H](OCc2ccccc2)[C@@H]1OCc1ccccc1. The lowest BCUT2D eigenvalue weighted by molar-refractivity contribution is -0.142. The van der Waals surface area contributed by atoms with E-state index in [1.807, 2.05) is 49.4 Å². The van der Waals surface area contributed by atoms with E-state index >= 15 is 0 Å². The second-order valence-electron chi connectivity index (χ2n) is 12.1. The Bertz CT molecular complexity index is 1090. The third kappa shape index (κ3) is 12.8. The molecule has 1 aliphatic rings. The lowest BCUT2D eigenvalue weighted by Crippen LogP contribution is -2.48. The van der Waals surface area contributed by atoms with Crippen molar-refractivity contribution in [1.82, 2.24) is 0 Å². The molecule has 0 aromatic heterocycles. The topological polar surface area (TPSA) is 54.0 Å². The highest BCUT2D eigenvalue weighted by Crippen LogP contribution is 2.28. The van der Waals surface area contributed by atoms with Crippen LogP contribution >= 0.6 is 0 Å². The van der Waals surface area contributed by atoms with E-state index in [0.717, 1.165) is 54.9 Å². The Morgan fingerprint density at radius 2 is 1.30 bits per heavy atom. The largest absolute Gasteiger partial charge is 0.460 e. The average Bonchev–Trinajstić information content (AvgIpc) is 3.05. The van der Waals surface area contributed by atoms with Crippen LogP contribution in [0.3, 0.4) is 0 Å². The Kier molecular flexibility index (Phi) is 16.8. The number of ether oxygens (including phenoxy) is 3. The van der Waals surface area contributed by atoms with E-state index in [4.69, 9.17) is 18.6 Å². The highest BCUT2D eigenvalue weighted by molar-refractivity contribution is 6.73. The summed E-state index contributed by atoms with van der Waals surface area (Å²) in [6.07, 6.45) is 15.4. The van der Waals surface area contributed by atoms with Gasteiger partial charge in [-0.15, -0.1) is 0 Å². The van der Waals surface area contributed by atoms with Crippen LogP contribution in [0.5, 0.6) is 0 Å². The van der Waals surface area contributed by atoms with Crippen LogP contribution in [0.1, 0.15) is 90.2 Å². The number of hydrogen-bond acceptors (Lipinski definition) is 5. The van der Waals surface area contributed by atoms with Gasteiger partial charge in [-0.3, -0.25) is 0 Å². The number of allylic oxidation sites excluding steroid dienone is 1. The summed E-state index contributed by atoms with van der Waals surface area (Å²) in [5, 5.41) is 0. The van der Waals surface area contributed by atoms with Crippen LogP contribution in [0.25, 0.3) is 0 Å². The Morgan fingerprint density at radius 1 is 0.727 bits per heavy atom. The summed E-state index contributed by atoms with van der Waals surface area (Å²) in [6.45, 7) is 9.54. The molecule has 2 aromatic rings. The predicted octanol–water partition coefficient (Wildman–Crippen LogP) is 9.73. The molecule has 0 saturated carbocycles. The first-order valence-corrected chi connectivity index (χ1v) is 19.6. The normalized spacial score (nSPS) is 24.5. The zero-order valence-corrected chi connectivity index (χ0v) is 28.6. The molecule has 0 N–H and O–H groups in total. The molecule has 0 unspecified atom stereocenters. The lowest BCUT2D eigenvalue weighted by Gasteiger charge is -2.38. The lowest BCUT2D eigenvalue weighted by atomic mass is 10.0. The first kappa shape index (κ1) is 36.0. The van der Waals surface area contributed by atoms with Gasteiger partial charge in [-0.2, -0.15) is 0 Å². The molecule has 0 amide bonds. The van der Waals surface area contributed by atoms with E-state index in [1.165, 1.54) is 25.7 Å². The number of rotatable bonds is 11. The molecule has 0 radical (unpaired) electrons. The maximum atomic E-state index is 13.0. The summed E-state index contributed by atoms with van der Waals surface area (Å²) in [4.78, 5) is 13.0. The molecular formula is C38H56O5Si. The molecule has 2 aromatic carbocycles. The molecule has 5 nitrogen and oxygen atoms in total. The second kappa shape index (κ2) is 20.5.